The predicted octanol–water partition coefficient (Wildman–Crippen LogP) is 7.60. The largest absolute Gasteiger partial charge is 0.497 e. The lowest BCUT2D eigenvalue weighted by molar-refractivity contribution is 0.0304. The number of rotatable bonds is 11. The molecule has 1 atom stereocenters. The number of ether oxygens (including phenoxy) is 1. The summed E-state index contributed by atoms with van der Waals surface area (Å²) in [5.41, 5.74) is 0.901. The molecular weight excluding hydrogens is 518 g/mol. The SMILES string of the molecule is COc1ccc2ncc(Cl)c([C@H](F)CCC3(CO)CCN(CCCSc4ccccc4Cl)CC3)c2c1. The van der Waals surface area contributed by atoms with Crippen molar-refractivity contribution in [2.75, 3.05) is 39.1 Å². The molecule has 194 valence electrons. The average molecular weight is 552 g/mol. The molecule has 0 unspecified atom stereocenters. The number of thioether (sulfide) groups is 1. The van der Waals surface area contributed by atoms with E-state index in [4.69, 9.17) is 27.9 Å². The van der Waals surface area contributed by atoms with Gasteiger partial charge in [-0.15, -0.1) is 11.8 Å². The van der Waals surface area contributed by atoms with Crippen LogP contribution in [0.25, 0.3) is 10.9 Å². The number of aromatic nitrogens is 1. The number of aliphatic hydroxyl groups is 1. The molecule has 2 aromatic carbocycles. The van der Waals surface area contributed by atoms with Gasteiger partial charge in [0.05, 0.1) is 22.7 Å². The maximum absolute atomic E-state index is 15.6. The number of nitrogens with zero attached hydrogens (tertiary/aromatic N) is 2. The second kappa shape index (κ2) is 12.8. The highest BCUT2D eigenvalue weighted by Gasteiger charge is 2.35. The molecule has 0 bridgehead atoms. The van der Waals surface area contributed by atoms with Crippen molar-refractivity contribution >= 4 is 45.9 Å². The van der Waals surface area contributed by atoms with Crippen LogP contribution in [0.5, 0.6) is 5.75 Å². The highest BCUT2D eigenvalue weighted by molar-refractivity contribution is 7.99. The fourth-order valence-electron chi connectivity index (χ4n) is 4.96. The Morgan fingerprint density at radius 1 is 1.17 bits per heavy atom. The zero-order valence-corrected chi connectivity index (χ0v) is 22.9. The normalized spacial score (nSPS) is 16.8. The molecule has 0 aliphatic carbocycles. The number of alkyl halides is 1. The Kier molecular flexibility index (Phi) is 9.76. The fourth-order valence-corrected chi connectivity index (χ4v) is 6.40. The summed E-state index contributed by atoms with van der Waals surface area (Å²) in [6.07, 6.45) is 4.02. The van der Waals surface area contributed by atoms with Gasteiger partial charge in [-0.2, -0.15) is 0 Å². The van der Waals surface area contributed by atoms with Crippen molar-refractivity contribution < 1.29 is 14.2 Å². The molecule has 0 spiro atoms. The molecule has 0 saturated carbocycles. The molecule has 4 rings (SSSR count). The van der Waals surface area contributed by atoms with Crippen LogP contribution in [0.1, 0.15) is 43.8 Å². The summed E-state index contributed by atoms with van der Waals surface area (Å²) in [6.45, 7) is 2.94. The third-order valence-electron chi connectivity index (χ3n) is 7.27. The van der Waals surface area contributed by atoms with E-state index in [0.29, 0.717) is 40.1 Å². The molecule has 0 amide bonds. The molecule has 1 aliphatic rings. The molecule has 1 N–H and O–H groups in total. The number of pyridine rings is 1. The van der Waals surface area contributed by atoms with Crippen LogP contribution in [0, 0.1) is 5.41 Å². The minimum atomic E-state index is -1.24. The molecular formula is C28H33Cl2FN2O2S. The second-order valence-corrected chi connectivity index (χ2v) is 11.5. The maximum atomic E-state index is 15.6. The van der Waals surface area contributed by atoms with Crippen LogP contribution in [0.3, 0.4) is 0 Å². The van der Waals surface area contributed by atoms with Crippen molar-refractivity contribution in [1.29, 1.82) is 0 Å². The Labute approximate surface area is 227 Å². The Morgan fingerprint density at radius 2 is 1.94 bits per heavy atom. The van der Waals surface area contributed by atoms with Gasteiger partial charge in [0.2, 0.25) is 0 Å². The number of hydrogen-bond acceptors (Lipinski definition) is 5. The minimum Gasteiger partial charge on any atom is -0.497 e. The van der Waals surface area contributed by atoms with E-state index < -0.39 is 6.17 Å². The van der Waals surface area contributed by atoms with Gasteiger partial charge in [-0.1, -0.05) is 35.3 Å². The van der Waals surface area contributed by atoms with Crippen molar-refractivity contribution in [1.82, 2.24) is 9.88 Å². The smallest absolute Gasteiger partial charge is 0.127 e. The second-order valence-electron chi connectivity index (χ2n) is 9.54. The highest BCUT2D eigenvalue weighted by atomic mass is 35.5. The van der Waals surface area contributed by atoms with E-state index in [0.717, 1.165) is 54.6 Å². The summed E-state index contributed by atoms with van der Waals surface area (Å²) in [5.74, 6) is 1.66. The van der Waals surface area contributed by atoms with Crippen molar-refractivity contribution in [2.24, 2.45) is 5.41 Å². The van der Waals surface area contributed by atoms with Gasteiger partial charge in [-0.3, -0.25) is 4.98 Å². The van der Waals surface area contributed by atoms with Gasteiger partial charge >= 0.3 is 0 Å². The Bertz CT molecular complexity index is 1160. The summed E-state index contributed by atoms with van der Waals surface area (Å²) in [5, 5.41) is 12.1. The zero-order chi connectivity index (χ0) is 25.5. The summed E-state index contributed by atoms with van der Waals surface area (Å²) in [6, 6.07) is 13.4. The lowest BCUT2D eigenvalue weighted by atomic mass is 9.74. The predicted molar refractivity (Wildman–Crippen MR) is 148 cm³/mol. The third kappa shape index (κ3) is 6.65. The summed E-state index contributed by atoms with van der Waals surface area (Å²) in [4.78, 5) is 7.91. The molecule has 1 aromatic heterocycles. The third-order valence-corrected chi connectivity index (χ3v) is 9.18. The first-order valence-corrected chi connectivity index (χ1v) is 14.2. The van der Waals surface area contributed by atoms with Crippen LogP contribution < -0.4 is 4.74 Å². The highest BCUT2D eigenvalue weighted by Crippen LogP contribution is 2.42. The van der Waals surface area contributed by atoms with E-state index in [1.807, 2.05) is 30.3 Å². The Hall–Kier alpha value is -1.57. The minimum absolute atomic E-state index is 0.0779. The maximum Gasteiger partial charge on any atom is 0.127 e. The van der Waals surface area contributed by atoms with Gasteiger partial charge < -0.3 is 14.7 Å². The van der Waals surface area contributed by atoms with Crippen molar-refractivity contribution in [3.05, 3.63) is 64.3 Å². The molecule has 3 aromatic rings. The van der Waals surface area contributed by atoms with Gasteiger partial charge in [-0.05, 0) is 93.2 Å². The van der Waals surface area contributed by atoms with E-state index in [9.17, 15) is 5.11 Å². The van der Waals surface area contributed by atoms with Crippen LogP contribution in [0.4, 0.5) is 4.39 Å². The zero-order valence-electron chi connectivity index (χ0n) is 20.6. The number of hydrogen-bond donors (Lipinski definition) is 1. The Morgan fingerprint density at radius 3 is 2.67 bits per heavy atom. The molecule has 36 heavy (non-hydrogen) atoms. The molecule has 0 radical (unpaired) electrons. The lowest BCUT2D eigenvalue weighted by Gasteiger charge is -2.41. The molecule has 2 heterocycles. The van der Waals surface area contributed by atoms with E-state index >= 15 is 4.39 Å². The number of piperidine rings is 1. The first-order valence-electron chi connectivity index (χ1n) is 12.4. The quantitative estimate of drug-likeness (QED) is 0.196. The number of fused-ring (bicyclic) bond motifs is 1. The number of benzene rings is 2. The van der Waals surface area contributed by atoms with E-state index in [2.05, 4.69) is 16.0 Å². The summed E-state index contributed by atoms with van der Waals surface area (Å²) < 4.78 is 20.9. The van der Waals surface area contributed by atoms with Gasteiger partial charge in [0.15, 0.2) is 0 Å². The van der Waals surface area contributed by atoms with E-state index in [-0.39, 0.29) is 12.0 Å². The van der Waals surface area contributed by atoms with Gasteiger partial charge in [-0.25, -0.2) is 4.39 Å². The number of halogens is 3. The van der Waals surface area contributed by atoms with E-state index in [1.54, 1.807) is 24.9 Å². The first-order chi connectivity index (χ1) is 17.4. The van der Waals surface area contributed by atoms with Crippen LogP contribution in [0.2, 0.25) is 10.0 Å². The summed E-state index contributed by atoms with van der Waals surface area (Å²) >= 11 is 14.4. The Balaban J connectivity index is 1.30. The van der Waals surface area contributed by atoms with Crippen molar-refractivity contribution in [2.45, 2.75) is 43.2 Å². The molecule has 1 fully saturated rings. The van der Waals surface area contributed by atoms with Crippen LogP contribution in [-0.2, 0) is 0 Å². The van der Waals surface area contributed by atoms with E-state index in [1.165, 1.54) is 6.20 Å². The van der Waals surface area contributed by atoms with Crippen LogP contribution >= 0.6 is 35.0 Å². The topological polar surface area (TPSA) is 45.6 Å². The fraction of sp³-hybridized carbons (Fsp3) is 0.464. The summed E-state index contributed by atoms with van der Waals surface area (Å²) in [7, 11) is 1.58. The van der Waals surface area contributed by atoms with Crippen LogP contribution in [-0.4, -0.2) is 54.1 Å². The lowest BCUT2D eigenvalue weighted by Crippen LogP contribution is -2.42. The standard InChI is InChI=1S/C28H33Cl2FN2O2S/c1-35-20-7-8-25-21(17-20)27(23(30)18-32-25)24(31)9-10-28(19-34)11-14-33(15-12-28)13-4-16-36-26-6-3-2-5-22(26)29/h2-3,5-8,17-18,24,34H,4,9-16,19H2,1H3/t24-/m1/s1. The number of likely N-dealkylation sites (tertiary alicyclic amines) is 1. The first kappa shape index (κ1) is 27.5. The number of methoxy groups -OCH3 is 1. The molecule has 8 heteroatoms. The monoisotopic (exact) mass is 550 g/mol. The van der Waals surface area contributed by atoms with Crippen LogP contribution in [0.15, 0.2) is 53.6 Å². The van der Waals surface area contributed by atoms with Gasteiger partial charge in [0.25, 0.3) is 0 Å². The molecule has 1 aliphatic heterocycles. The molecule has 1 saturated heterocycles. The van der Waals surface area contributed by atoms with Crippen molar-refractivity contribution in [3.8, 4) is 5.75 Å². The molecule has 4 nitrogen and oxygen atoms in total. The van der Waals surface area contributed by atoms with Gasteiger partial charge in [0, 0.05) is 28.6 Å². The van der Waals surface area contributed by atoms with Crippen molar-refractivity contribution in [3.63, 3.8) is 0 Å². The average Bonchev–Trinajstić information content (AvgIpc) is 2.91. The van der Waals surface area contributed by atoms with Gasteiger partial charge in [0.1, 0.15) is 11.9 Å². The number of aliphatic hydroxyl groups excluding tert-OH is 1.